The van der Waals surface area contributed by atoms with E-state index in [1.165, 1.54) is 0 Å². The van der Waals surface area contributed by atoms with Gasteiger partial charge in [0.15, 0.2) is 0 Å². The third-order valence-corrected chi connectivity index (χ3v) is 5.61. The van der Waals surface area contributed by atoms with Crippen LogP contribution in [0.25, 0.3) is 0 Å². The van der Waals surface area contributed by atoms with E-state index in [1.807, 2.05) is 37.3 Å². The summed E-state index contributed by atoms with van der Waals surface area (Å²) in [6, 6.07) is 18.0. The molecule has 146 valence electrons. The van der Waals surface area contributed by atoms with Crippen LogP contribution in [0, 0.1) is 6.92 Å². The Morgan fingerprint density at radius 2 is 1.36 bits per heavy atom. The molecular formula is C22H22BrClN2O2. The first-order chi connectivity index (χ1) is 13.5. The Hall–Kier alpha value is -2.24. The number of pyridine rings is 1. The van der Waals surface area contributed by atoms with E-state index in [9.17, 15) is 0 Å². The number of rotatable bonds is 7. The van der Waals surface area contributed by atoms with E-state index in [-0.39, 0.29) is 0 Å². The highest BCUT2D eigenvalue weighted by molar-refractivity contribution is 9.10. The first-order valence-corrected chi connectivity index (χ1v) is 10.0. The highest BCUT2D eigenvalue weighted by atomic mass is 79.9. The summed E-state index contributed by atoms with van der Waals surface area (Å²) in [7, 11) is 3.33. The maximum Gasteiger partial charge on any atom is 0.149 e. The molecule has 0 bridgehead atoms. The van der Waals surface area contributed by atoms with Crippen LogP contribution in [0.5, 0.6) is 11.5 Å². The molecule has 0 aliphatic carbocycles. The van der Waals surface area contributed by atoms with Gasteiger partial charge in [-0.3, -0.25) is 0 Å². The highest BCUT2D eigenvalue weighted by Gasteiger charge is 2.17. The monoisotopic (exact) mass is 460 g/mol. The van der Waals surface area contributed by atoms with Crippen LogP contribution >= 0.6 is 27.5 Å². The standard InChI is InChI=1S/C22H22BrClN2O2/c1-15-12-20(23)21(24)22(25-15)26(13-16-4-8-18(27-2)9-5-16)14-17-6-10-19(28-3)11-7-17/h4-12H,13-14H2,1-3H3. The number of halogens is 2. The SMILES string of the molecule is COc1ccc(CN(Cc2ccc(OC)cc2)c2nc(C)cc(Br)c2Cl)cc1. The van der Waals surface area contributed by atoms with Gasteiger partial charge < -0.3 is 14.4 Å². The molecule has 0 saturated heterocycles. The van der Waals surface area contributed by atoms with Crippen molar-refractivity contribution in [3.05, 3.63) is 80.9 Å². The predicted octanol–water partition coefficient (Wildman–Crippen LogP) is 6.03. The number of hydrogen-bond acceptors (Lipinski definition) is 4. The maximum atomic E-state index is 6.60. The van der Waals surface area contributed by atoms with Crippen molar-refractivity contribution in [1.82, 2.24) is 4.98 Å². The second-order valence-corrected chi connectivity index (χ2v) is 7.67. The second-order valence-electron chi connectivity index (χ2n) is 6.44. The maximum absolute atomic E-state index is 6.60. The molecular weight excluding hydrogens is 440 g/mol. The largest absolute Gasteiger partial charge is 0.497 e. The van der Waals surface area contributed by atoms with Gasteiger partial charge in [-0.05, 0) is 64.3 Å². The van der Waals surface area contributed by atoms with Crippen LogP contribution in [0.4, 0.5) is 5.82 Å². The topological polar surface area (TPSA) is 34.6 Å². The molecule has 0 radical (unpaired) electrons. The first kappa shape index (κ1) is 20.5. The lowest BCUT2D eigenvalue weighted by molar-refractivity contribution is 0.414. The Balaban J connectivity index is 1.94. The van der Waals surface area contributed by atoms with Crippen LogP contribution in [0.1, 0.15) is 16.8 Å². The summed E-state index contributed by atoms with van der Waals surface area (Å²) in [6.45, 7) is 3.29. The third kappa shape index (κ3) is 4.97. The third-order valence-electron chi connectivity index (χ3n) is 4.39. The van der Waals surface area contributed by atoms with E-state index < -0.39 is 0 Å². The molecule has 3 aromatic rings. The molecule has 0 spiro atoms. The quantitative estimate of drug-likeness (QED) is 0.430. The summed E-state index contributed by atoms with van der Waals surface area (Å²) in [5.41, 5.74) is 3.19. The molecule has 0 aliphatic heterocycles. The van der Waals surface area contributed by atoms with Gasteiger partial charge in [0.25, 0.3) is 0 Å². The van der Waals surface area contributed by atoms with Crippen molar-refractivity contribution in [2.24, 2.45) is 0 Å². The van der Waals surface area contributed by atoms with Crippen LogP contribution in [-0.4, -0.2) is 19.2 Å². The Labute approximate surface area is 179 Å². The van der Waals surface area contributed by atoms with Gasteiger partial charge in [0.05, 0.1) is 19.2 Å². The summed E-state index contributed by atoms with van der Waals surface area (Å²) >= 11 is 10.1. The Morgan fingerprint density at radius 1 is 0.893 bits per heavy atom. The zero-order valence-electron chi connectivity index (χ0n) is 16.1. The van der Waals surface area contributed by atoms with E-state index in [4.69, 9.17) is 26.1 Å². The number of aryl methyl sites for hydroxylation is 1. The van der Waals surface area contributed by atoms with E-state index in [2.05, 4.69) is 45.1 Å². The number of aromatic nitrogens is 1. The van der Waals surface area contributed by atoms with Gasteiger partial charge >= 0.3 is 0 Å². The average Bonchev–Trinajstić information content (AvgIpc) is 2.71. The van der Waals surface area contributed by atoms with Crippen LogP contribution in [0.3, 0.4) is 0 Å². The van der Waals surface area contributed by atoms with Gasteiger partial charge in [-0.2, -0.15) is 0 Å². The summed E-state index contributed by atoms with van der Waals surface area (Å²) < 4.78 is 11.4. The van der Waals surface area contributed by atoms with Crippen LogP contribution in [0.2, 0.25) is 5.02 Å². The molecule has 0 fully saturated rings. The van der Waals surface area contributed by atoms with Crippen molar-refractivity contribution in [2.75, 3.05) is 19.1 Å². The van der Waals surface area contributed by atoms with Gasteiger partial charge in [0, 0.05) is 23.3 Å². The molecule has 0 unspecified atom stereocenters. The minimum absolute atomic E-state index is 0.604. The summed E-state index contributed by atoms with van der Waals surface area (Å²) in [4.78, 5) is 6.88. The molecule has 1 heterocycles. The van der Waals surface area contributed by atoms with E-state index >= 15 is 0 Å². The van der Waals surface area contributed by atoms with E-state index in [0.29, 0.717) is 18.1 Å². The normalized spacial score (nSPS) is 10.6. The van der Waals surface area contributed by atoms with Gasteiger partial charge in [-0.15, -0.1) is 0 Å². The Bertz CT molecular complexity index is 881. The van der Waals surface area contributed by atoms with Gasteiger partial charge in [-0.1, -0.05) is 35.9 Å². The van der Waals surface area contributed by atoms with Crippen molar-refractivity contribution >= 4 is 33.3 Å². The molecule has 0 N–H and O–H groups in total. The molecule has 0 saturated carbocycles. The molecule has 0 amide bonds. The molecule has 1 aromatic heterocycles. The smallest absolute Gasteiger partial charge is 0.149 e. The van der Waals surface area contributed by atoms with Gasteiger partial charge in [0.1, 0.15) is 17.3 Å². The number of nitrogens with zero attached hydrogens (tertiary/aromatic N) is 2. The Morgan fingerprint density at radius 3 is 1.79 bits per heavy atom. The minimum atomic E-state index is 0.604. The zero-order valence-corrected chi connectivity index (χ0v) is 18.4. The molecule has 6 heteroatoms. The average molecular weight is 462 g/mol. The summed E-state index contributed by atoms with van der Waals surface area (Å²) in [6.07, 6.45) is 0. The van der Waals surface area contributed by atoms with E-state index in [0.717, 1.165) is 38.6 Å². The first-order valence-electron chi connectivity index (χ1n) is 8.83. The number of methoxy groups -OCH3 is 2. The fourth-order valence-corrected chi connectivity index (χ4v) is 3.64. The van der Waals surface area contributed by atoms with Gasteiger partial charge in [0.2, 0.25) is 0 Å². The molecule has 0 atom stereocenters. The highest BCUT2D eigenvalue weighted by Crippen LogP contribution is 2.33. The number of benzene rings is 2. The Kier molecular flexibility index (Phi) is 6.81. The minimum Gasteiger partial charge on any atom is -0.497 e. The van der Waals surface area contributed by atoms with Crippen LogP contribution in [-0.2, 0) is 13.1 Å². The van der Waals surface area contributed by atoms with Crippen molar-refractivity contribution in [1.29, 1.82) is 0 Å². The lowest BCUT2D eigenvalue weighted by atomic mass is 10.1. The van der Waals surface area contributed by atoms with Crippen LogP contribution in [0.15, 0.2) is 59.1 Å². The summed E-state index contributed by atoms with van der Waals surface area (Å²) in [5, 5.41) is 0.604. The lowest BCUT2D eigenvalue weighted by Gasteiger charge is -2.26. The molecule has 2 aromatic carbocycles. The van der Waals surface area contributed by atoms with Crippen molar-refractivity contribution in [2.45, 2.75) is 20.0 Å². The second kappa shape index (κ2) is 9.30. The number of hydrogen-bond donors (Lipinski definition) is 0. The number of anilines is 1. The molecule has 0 aliphatic rings. The van der Waals surface area contributed by atoms with Crippen molar-refractivity contribution in [3.63, 3.8) is 0 Å². The predicted molar refractivity (Wildman–Crippen MR) is 118 cm³/mol. The van der Waals surface area contributed by atoms with Gasteiger partial charge in [-0.25, -0.2) is 4.98 Å². The zero-order chi connectivity index (χ0) is 20.1. The van der Waals surface area contributed by atoms with Crippen LogP contribution < -0.4 is 14.4 Å². The number of ether oxygens (including phenoxy) is 2. The molecule has 28 heavy (non-hydrogen) atoms. The fourth-order valence-electron chi connectivity index (χ4n) is 2.92. The van der Waals surface area contributed by atoms with E-state index in [1.54, 1.807) is 14.2 Å². The molecule has 4 nitrogen and oxygen atoms in total. The molecule has 3 rings (SSSR count). The van der Waals surface area contributed by atoms with Crippen molar-refractivity contribution < 1.29 is 9.47 Å². The fraction of sp³-hybridized carbons (Fsp3) is 0.227. The van der Waals surface area contributed by atoms with Crippen molar-refractivity contribution in [3.8, 4) is 11.5 Å². The lowest BCUT2D eigenvalue weighted by Crippen LogP contribution is -2.24. The summed E-state index contributed by atoms with van der Waals surface area (Å²) in [5.74, 6) is 2.42.